The number of hydrogen-bond donors (Lipinski definition) is 1. The van der Waals surface area contributed by atoms with Gasteiger partial charge in [0.15, 0.2) is 5.65 Å². The van der Waals surface area contributed by atoms with Gasteiger partial charge in [-0.25, -0.2) is 24.9 Å². The SMILES string of the molecule is FC(F)(F)c1cnc(Nc2ccnc3nc(-c4ncsc4C(F)(F)F)ccc23)nc1. The van der Waals surface area contributed by atoms with Crippen molar-refractivity contribution in [2.24, 2.45) is 0 Å². The zero-order valence-corrected chi connectivity index (χ0v) is 15.3. The van der Waals surface area contributed by atoms with E-state index >= 15 is 0 Å². The molecule has 1 N–H and O–H groups in total. The van der Waals surface area contributed by atoms with Crippen molar-refractivity contribution < 1.29 is 26.3 Å². The van der Waals surface area contributed by atoms with Crippen molar-refractivity contribution in [3.8, 4) is 11.4 Å². The average Bonchev–Trinajstić information content (AvgIpc) is 3.18. The van der Waals surface area contributed by atoms with E-state index in [0.717, 1.165) is 5.51 Å². The molecule has 4 rings (SSSR count). The summed E-state index contributed by atoms with van der Waals surface area (Å²) in [6, 6.07) is 4.35. The Hall–Kier alpha value is -3.35. The van der Waals surface area contributed by atoms with Crippen LogP contribution < -0.4 is 5.32 Å². The third-order valence-corrected chi connectivity index (χ3v) is 4.77. The first kappa shape index (κ1) is 19.9. The van der Waals surface area contributed by atoms with Crippen molar-refractivity contribution in [1.29, 1.82) is 0 Å². The summed E-state index contributed by atoms with van der Waals surface area (Å²) in [5, 5.41) is 3.16. The highest BCUT2D eigenvalue weighted by Crippen LogP contribution is 2.39. The lowest BCUT2D eigenvalue weighted by Crippen LogP contribution is -2.07. The third kappa shape index (κ3) is 3.87. The second-order valence-corrected chi connectivity index (χ2v) is 6.73. The van der Waals surface area contributed by atoms with Crippen molar-refractivity contribution in [3.05, 3.63) is 52.7 Å². The molecule has 0 aliphatic carbocycles. The molecule has 30 heavy (non-hydrogen) atoms. The molecule has 4 aromatic rings. The summed E-state index contributed by atoms with van der Waals surface area (Å²) in [6.45, 7) is 0. The Bertz CT molecular complexity index is 1200. The molecular formula is C17H8F6N6S. The zero-order valence-electron chi connectivity index (χ0n) is 14.5. The van der Waals surface area contributed by atoms with Gasteiger partial charge >= 0.3 is 12.4 Å². The Morgan fingerprint density at radius 1 is 0.833 bits per heavy atom. The fraction of sp³-hybridized carbons (Fsp3) is 0.118. The molecular weight excluding hydrogens is 434 g/mol. The molecule has 0 spiro atoms. The quantitative estimate of drug-likeness (QED) is 0.433. The van der Waals surface area contributed by atoms with E-state index in [2.05, 4.69) is 30.2 Å². The van der Waals surface area contributed by atoms with Crippen molar-refractivity contribution >= 4 is 34.0 Å². The maximum absolute atomic E-state index is 13.1. The monoisotopic (exact) mass is 442 g/mol. The van der Waals surface area contributed by atoms with Gasteiger partial charge in [-0.15, -0.1) is 11.3 Å². The summed E-state index contributed by atoms with van der Waals surface area (Å²) in [4.78, 5) is 18.3. The van der Waals surface area contributed by atoms with Crippen LogP contribution in [0, 0.1) is 0 Å². The van der Waals surface area contributed by atoms with Gasteiger partial charge in [0.25, 0.3) is 0 Å². The number of thiazole rings is 1. The molecule has 0 saturated heterocycles. The lowest BCUT2D eigenvalue weighted by molar-refractivity contribution is -0.138. The van der Waals surface area contributed by atoms with E-state index in [1.54, 1.807) is 0 Å². The molecule has 154 valence electrons. The van der Waals surface area contributed by atoms with Crippen LogP contribution in [0.2, 0.25) is 0 Å². The van der Waals surface area contributed by atoms with E-state index in [1.165, 1.54) is 24.4 Å². The molecule has 0 saturated carbocycles. The van der Waals surface area contributed by atoms with Crippen LogP contribution in [0.3, 0.4) is 0 Å². The van der Waals surface area contributed by atoms with Gasteiger partial charge in [-0.1, -0.05) is 0 Å². The fourth-order valence-corrected chi connectivity index (χ4v) is 3.23. The lowest BCUT2D eigenvalue weighted by Gasteiger charge is -2.10. The molecule has 0 atom stereocenters. The van der Waals surface area contributed by atoms with Crippen LogP contribution in [0.25, 0.3) is 22.4 Å². The number of aromatic nitrogens is 5. The van der Waals surface area contributed by atoms with E-state index in [1.807, 2.05) is 0 Å². The topological polar surface area (TPSA) is 76.5 Å². The van der Waals surface area contributed by atoms with Gasteiger partial charge < -0.3 is 5.32 Å². The molecule has 13 heteroatoms. The van der Waals surface area contributed by atoms with Gasteiger partial charge in [-0.3, -0.25) is 0 Å². The second-order valence-electron chi connectivity index (χ2n) is 5.87. The van der Waals surface area contributed by atoms with E-state index in [9.17, 15) is 26.3 Å². The van der Waals surface area contributed by atoms with Crippen LogP contribution in [0.4, 0.5) is 38.0 Å². The van der Waals surface area contributed by atoms with Gasteiger partial charge in [0.1, 0.15) is 10.6 Å². The molecule has 4 aromatic heterocycles. The molecule has 0 aliphatic heterocycles. The molecule has 4 heterocycles. The van der Waals surface area contributed by atoms with Crippen molar-refractivity contribution in [2.75, 3.05) is 5.32 Å². The Kier molecular flexibility index (Phi) is 4.76. The van der Waals surface area contributed by atoms with Gasteiger partial charge in [0, 0.05) is 24.0 Å². The minimum atomic E-state index is -4.57. The van der Waals surface area contributed by atoms with Crippen LogP contribution in [-0.2, 0) is 12.4 Å². The normalized spacial score (nSPS) is 12.3. The first-order chi connectivity index (χ1) is 14.1. The first-order valence-electron chi connectivity index (χ1n) is 8.06. The van der Waals surface area contributed by atoms with E-state index in [0.29, 0.717) is 34.8 Å². The highest BCUT2D eigenvalue weighted by Gasteiger charge is 2.36. The average molecular weight is 442 g/mol. The van der Waals surface area contributed by atoms with Crippen LogP contribution >= 0.6 is 11.3 Å². The fourth-order valence-electron chi connectivity index (χ4n) is 2.56. The molecule has 0 amide bonds. The Morgan fingerprint density at radius 2 is 1.57 bits per heavy atom. The molecule has 0 aromatic carbocycles. The molecule has 6 nitrogen and oxygen atoms in total. The van der Waals surface area contributed by atoms with E-state index in [-0.39, 0.29) is 23.0 Å². The maximum Gasteiger partial charge on any atom is 0.427 e. The van der Waals surface area contributed by atoms with E-state index < -0.39 is 22.8 Å². The van der Waals surface area contributed by atoms with Crippen molar-refractivity contribution in [1.82, 2.24) is 24.9 Å². The molecule has 0 fully saturated rings. The van der Waals surface area contributed by atoms with Crippen LogP contribution in [-0.4, -0.2) is 24.9 Å². The number of halogens is 6. The Labute approximate surface area is 167 Å². The number of anilines is 2. The van der Waals surface area contributed by atoms with Gasteiger partial charge in [-0.2, -0.15) is 26.3 Å². The standard InChI is InChI=1S/C17H8F6N6S/c18-16(19,20)8-5-25-15(26-6-8)29-10-3-4-24-14-9(10)1-2-11(28-14)12-13(17(21,22)23)30-7-27-12/h1-7H,(H,24,25,26,28,29). The molecule has 0 radical (unpaired) electrons. The molecule has 0 unspecified atom stereocenters. The predicted molar refractivity (Wildman–Crippen MR) is 96.0 cm³/mol. The first-order valence-corrected chi connectivity index (χ1v) is 8.94. The van der Waals surface area contributed by atoms with Gasteiger partial charge in [-0.05, 0) is 18.2 Å². The van der Waals surface area contributed by atoms with E-state index in [4.69, 9.17) is 0 Å². The smallest absolute Gasteiger partial charge is 0.323 e. The summed E-state index contributed by atoms with van der Waals surface area (Å²) >= 11 is 0.459. The number of nitrogens with zero attached hydrogens (tertiary/aromatic N) is 5. The summed E-state index contributed by atoms with van der Waals surface area (Å²) < 4.78 is 77.2. The molecule has 0 aliphatic rings. The number of nitrogens with one attached hydrogen (secondary N) is 1. The van der Waals surface area contributed by atoms with Crippen LogP contribution in [0.15, 0.2) is 42.3 Å². The number of pyridine rings is 2. The number of alkyl halides is 6. The number of hydrogen-bond acceptors (Lipinski definition) is 7. The van der Waals surface area contributed by atoms with Gasteiger partial charge in [0.2, 0.25) is 5.95 Å². The Morgan fingerprint density at radius 3 is 2.23 bits per heavy atom. The van der Waals surface area contributed by atoms with Gasteiger partial charge in [0.05, 0.1) is 22.5 Å². The highest BCUT2D eigenvalue weighted by atomic mass is 32.1. The van der Waals surface area contributed by atoms with Crippen LogP contribution in [0.5, 0.6) is 0 Å². The summed E-state index contributed by atoms with van der Waals surface area (Å²) in [5.74, 6) is -0.0987. The number of rotatable bonds is 3. The summed E-state index contributed by atoms with van der Waals surface area (Å²) in [5.41, 5.74) is 0.255. The number of fused-ring (bicyclic) bond motifs is 1. The minimum Gasteiger partial charge on any atom is -0.323 e. The zero-order chi connectivity index (χ0) is 21.5. The largest absolute Gasteiger partial charge is 0.427 e. The predicted octanol–water partition coefficient (Wildman–Crippen LogP) is 5.32. The second kappa shape index (κ2) is 7.16. The van der Waals surface area contributed by atoms with Crippen LogP contribution in [0.1, 0.15) is 10.4 Å². The summed E-state index contributed by atoms with van der Waals surface area (Å²) in [7, 11) is 0. The van der Waals surface area contributed by atoms with Crippen molar-refractivity contribution in [2.45, 2.75) is 12.4 Å². The lowest BCUT2D eigenvalue weighted by atomic mass is 10.2. The third-order valence-electron chi connectivity index (χ3n) is 3.90. The summed E-state index contributed by atoms with van der Waals surface area (Å²) in [6.07, 6.45) is -6.51. The molecule has 0 bridgehead atoms. The maximum atomic E-state index is 13.1. The highest BCUT2D eigenvalue weighted by molar-refractivity contribution is 7.10. The van der Waals surface area contributed by atoms with Crippen molar-refractivity contribution in [3.63, 3.8) is 0 Å². The minimum absolute atomic E-state index is 0.00787. The Balaban J connectivity index is 1.68.